The first-order valence-corrected chi connectivity index (χ1v) is 7.72. The van der Waals surface area contributed by atoms with Gasteiger partial charge >= 0.3 is 7.12 Å². The minimum atomic E-state index is -1.15. The maximum absolute atomic E-state index is 9.21. The third kappa shape index (κ3) is 3.95. The van der Waals surface area contributed by atoms with Gasteiger partial charge in [0.05, 0.1) is 12.0 Å². The zero-order valence-electron chi connectivity index (χ0n) is 11.7. The van der Waals surface area contributed by atoms with Gasteiger partial charge in [-0.25, -0.2) is 0 Å². The molecule has 4 nitrogen and oxygen atoms in total. The number of unbranched alkanes of at least 4 members (excludes halogenated alkanes) is 2. The Balaban J connectivity index is 1.69. The van der Waals surface area contributed by atoms with Crippen LogP contribution in [0.2, 0.25) is 6.32 Å². The smallest absolute Gasteiger partial charge is 0.427 e. The van der Waals surface area contributed by atoms with Crippen molar-refractivity contribution < 1.29 is 10.0 Å². The van der Waals surface area contributed by atoms with E-state index < -0.39 is 7.12 Å². The van der Waals surface area contributed by atoms with Crippen molar-refractivity contribution in [3.8, 4) is 6.07 Å². The molecule has 1 saturated heterocycles. The predicted molar refractivity (Wildman–Crippen MR) is 75.3 cm³/mol. The van der Waals surface area contributed by atoms with Crippen LogP contribution in [0, 0.1) is 23.2 Å². The average molecular weight is 264 g/mol. The predicted octanol–water partition coefficient (Wildman–Crippen LogP) is 1.64. The lowest BCUT2D eigenvalue weighted by Gasteiger charge is -2.34. The van der Waals surface area contributed by atoms with Crippen LogP contribution in [0.25, 0.3) is 0 Å². The standard InChI is InChI=1S/C14H25BN2O2/c16-11-12-5-4-6-14-13(12)7-10-17(14)9-3-1-2-8-15(18)19/h12-14,18-19H,1-10H2. The summed E-state index contributed by atoms with van der Waals surface area (Å²) in [5, 5.41) is 26.8. The molecular weight excluding hydrogens is 239 g/mol. The summed E-state index contributed by atoms with van der Waals surface area (Å²) >= 11 is 0. The summed E-state index contributed by atoms with van der Waals surface area (Å²) in [7, 11) is -1.15. The lowest BCUT2D eigenvalue weighted by Crippen LogP contribution is -2.38. The molecule has 5 heteroatoms. The maximum Gasteiger partial charge on any atom is 0.451 e. The fourth-order valence-electron chi connectivity index (χ4n) is 3.83. The van der Waals surface area contributed by atoms with Crippen molar-refractivity contribution >= 4 is 7.12 Å². The molecule has 3 atom stereocenters. The topological polar surface area (TPSA) is 67.5 Å². The fraction of sp³-hybridized carbons (Fsp3) is 0.929. The molecule has 0 spiro atoms. The summed E-state index contributed by atoms with van der Waals surface area (Å²) in [6.45, 7) is 2.26. The van der Waals surface area contributed by atoms with Gasteiger partial charge in [0.1, 0.15) is 0 Å². The summed E-state index contributed by atoms with van der Waals surface area (Å²) in [5.74, 6) is 0.895. The summed E-state index contributed by atoms with van der Waals surface area (Å²) < 4.78 is 0. The van der Waals surface area contributed by atoms with Crippen molar-refractivity contribution in [3.63, 3.8) is 0 Å². The van der Waals surface area contributed by atoms with Crippen molar-refractivity contribution in [1.29, 1.82) is 5.26 Å². The Hall–Kier alpha value is -0.565. The van der Waals surface area contributed by atoms with E-state index in [2.05, 4.69) is 11.0 Å². The Kier molecular flexibility index (Phi) is 5.68. The number of hydrogen-bond acceptors (Lipinski definition) is 4. The minimum Gasteiger partial charge on any atom is -0.427 e. The number of fused-ring (bicyclic) bond motifs is 1. The Bertz CT molecular complexity index is 319. The number of hydrogen-bond donors (Lipinski definition) is 2. The molecule has 0 radical (unpaired) electrons. The van der Waals surface area contributed by atoms with Gasteiger partial charge in [0.25, 0.3) is 0 Å². The number of nitriles is 1. The Morgan fingerprint density at radius 2 is 2.00 bits per heavy atom. The summed E-state index contributed by atoms with van der Waals surface area (Å²) in [6, 6.07) is 3.14. The molecule has 2 aliphatic rings. The minimum absolute atomic E-state index is 0.285. The van der Waals surface area contributed by atoms with Crippen LogP contribution in [0.1, 0.15) is 44.9 Å². The van der Waals surface area contributed by atoms with E-state index in [1.807, 2.05) is 0 Å². The Morgan fingerprint density at radius 3 is 2.74 bits per heavy atom. The largest absolute Gasteiger partial charge is 0.451 e. The highest BCUT2D eigenvalue weighted by molar-refractivity contribution is 6.40. The molecule has 0 bridgehead atoms. The first-order chi connectivity index (χ1) is 9.22. The molecule has 0 aromatic heterocycles. The van der Waals surface area contributed by atoms with Gasteiger partial charge in [-0.2, -0.15) is 5.26 Å². The number of rotatable bonds is 6. The summed E-state index contributed by atoms with van der Waals surface area (Å²) in [6.07, 6.45) is 8.33. The first-order valence-electron chi connectivity index (χ1n) is 7.72. The van der Waals surface area contributed by atoms with Gasteiger partial charge in [-0.15, -0.1) is 0 Å². The highest BCUT2D eigenvalue weighted by Gasteiger charge is 2.40. The SMILES string of the molecule is N#CC1CCCC2C1CCN2CCCCCB(O)O. The van der Waals surface area contributed by atoms with Crippen molar-refractivity contribution in [2.75, 3.05) is 13.1 Å². The van der Waals surface area contributed by atoms with Crippen molar-refractivity contribution in [2.24, 2.45) is 11.8 Å². The van der Waals surface area contributed by atoms with E-state index in [4.69, 9.17) is 10.0 Å². The van der Waals surface area contributed by atoms with Crippen LogP contribution in [0.15, 0.2) is 0 Å². The van der Waals surface area contributed by atoms with E-state index in [0.717, 1.165) is 38.8 Å². The van der Waals surface area contributed by atoms with Crippen molar-refractivity contribution in [1.82, 2.24) is 4.90 Å². The van der Waals surface area contributed by atoms with Gasteiger partial charge in [0, 0.05) is 6.04 Å². The molecule has 19 heavy (non-hydrogen) atoms. The molecule has 0 aromatic rings. The van der Waals surface area contributed by atoms with Gasteiger partial charge in [0.15, 0.2) is 0 Å². The van der Waals surface area contributed by atoms with Crippen LogP contribution in [0.3, 0.4) is 0 Å². The highest BCUT2D eigenvalue weighted by atomic mass is 16.4. The van der Waals surface area contributed by atoms with E-state index in [1.54, 1.807) is 0 Å². The van der Waals surface area contributed by atoms with E-state index in [-0.39, 0.29) is 5.92 Å². The zero-order chi connectivity index (χ0) is 13.7. The molecule has 1 aliphatic heterocycles. The molecule has 2 fully saturated rings. The Labute approximate surface area is 116 Å². The van der Waals surface area contributed by atoms with Crippen LogP contribution in [-0.4, -0.2) is 41.2 Å². The highest BCUT2D eigenvalue weighted by Crippen LogP contribution is 2.39. The van der Waals surface area contributed by atoms with Crippen molar-refractivity contribution in [3.05, 3.63) is 0 Å². The second-order valence-corrected chi connectivity index (χ2v) is 6.05. The average Bonchev–Trinajstić information content (AvgIpc) is 2.81. The molecule has 1 heterocycles. The molecule has 2 rings (SSSR count). The fourth-order valence-corrected chi connectivity index (χ4v) is 3.83. The number of nitrogens with zero attached hydrogens (tertiary/aromatic N) is 2. The zero-order valence-corrected chi connectivity index (χ0v) is 11.7. The molecule has 106 valence electrons. The summed E-state index contributed by atoms with van der Waals surface area (Å²) in [4.78, 5) is 2.57. The second kappa shape index (κ2) is 7.28. The van der Waals surface area contributed by atoms with Gasteiger partial charge in [-0.3, -0.25) is 0 Å². The molecule has 3 unspecified atom stereocenters. The van der Waals surface area contributed by atoms with E-state index in [1.165, 1.54) is 19.3 Å². The van der Waals surface area contributed by atoms with Gasteiger partial charge in [-0.1, -0.05) is 19.3 Å². The third-order valence-electron chi connectivity index (χ3n) is 4.82. The molecule has 0 aromatic carbocycles. The lowest BCUT2D eigenvalue weighted by atomic mass is 9.77. The molecule has 1 aliphatic carbocycles. The Morgan fingerprint density at radius 1 is 1.16 bits per heavy atom. The van der Waals surface area contributed by atoms with Gasteiger partial charge < -0.3 is 14.9 Å². The van der Waals surface area contributed by atoms with Gasteiger partial charge in [-0.05, 0) is 51.0 Å². The maximum atomic E-state index is 9.21. The quantitative estimate of drug-likeness (QED) is 0.565. The molecule has 2 N–H and O–H groups in total. The summed E-state index contributed by atoms with van der Waals surface area (Å²) in [5.41, 5.74) is 0. The molecular formula is C14H25BN2O2. The monoisotopic (exact) mass is 264 g/mol. The van der Waals surface area contributed by atoms with Crippen LogP contribution in [0.5, 0.6) is 0 Å². The van der Waals surface area contributed by atoms with Crippen LogP contribution in [-0.2, 0) is 0 Å². The second-order valence-electron chi connectivity index (χ2n) is 6.05. The molecule has 1 saturated carbocycles. The normalized spacial score (nSPS) is 30.9. The van der Waals surface area contributed by atoms with E-state index in [9.17, 15) is 5.26 Å². The van der Waals surface area contributed by atoms with Crippen LogP contribution in [0.4, 0.5) is 0 Å². The van der Waals surface area contributed by atoms with E-state index in [0.29, 0.717) is 18.3 Å². The lowest BCUT2D eigenvalue weighted by molar-refractivity contribution is 0.157. The first kappa shape index (κ1) is 14.8. The van der Waals surface area contributed by atoms with Gasteiger partial charge in [0.2, 0.25) is 0 Å². The van der Waals surface area contributed by atoms with E-state index >= 15 is 0 Å². The van der Waals surface area contributed by atoms with Crippen molar-refractivity contribution in [2.45, 2.75) is 57.3 Å². The van der Waals surface area contributed by atoms with Crippen LogP contribution >= 0.6 is 0 Å². The number of likely N-dealkylation sites (tertiary alicyclic amines) is 1. The van der Waals surface area contributed by atoms with Crippen LogP contribution < -0.4 is 0 Å². The third-order valence-corrected chi connectivity index (χ3v) is 4.82. The molecule has 0 amide bonds.